The monoisotopic (exact) mass is 255 g/mol. The van der Waals surface area contributed by atoms with E-state index in [4.69, 9.17) is 4.74 Å². The van der Waals surface area contributed by atoms with Crippen LogP contribution in [0.15, 0.2) is 42.7 Å². The quantitative estimate of drug-likeness (QED) is 0.661. The van der Waals surface area contributed by atoms with Crippen LogP contribution in [0.25, 0.3) is 0 Å². The third kappa shape index (κ3) is 2.53. The number of H-pyrrole nitrogens is 1. The van der Waals surface area contributed by atoms with Crippen molar-refractivity contribution in [2.24, 2.45) is 0 Å². The van der Waals surface area contributed by atoms with Crippen LogP contribution in [0.1, 0.15) is 15.9 Å². The standard InChI is InChI=1S/C12H8F3NO2/c13-12(14,15)9-3-1-2-4-10(9)18-11(17)8-5-6-16-7-8/h1-7,16H. The van der Waals surface area contributed by atoms with Crippen molar-refractivity contribution in [1.82, 2.24) is 4.98 Å². The molecule has 0 radical (unpaired) electrons. The second-order valence-electron chi connectivity index (χ2n) is 3.48. The van der Waals surface area contributed by atoms with Gasteiger partial charge in [0, 0.05) is 12.4 Å². The number of carbonyl (C=O) groups is 1. The smallest absolute Gasteiger partial charge is 0.419 e. The summed E-state index contributed by atoms with van der Waals surface area (Å²) in [6.45, 7) is 0. The molecule has 1 aromatic carbocycles. The highest BCUT2D eigenvalue weighted by atomic mass is 19.4. The van der Waals surface area contributed by atoms with Crippen LogP contribution in [0, 0.1) is 0 Å². The fourth-order valence-electron chi connectivity index (χ4n) is 1.40. The highest BCUT2D eigenvalue weighted by molar-refractivity contribution is 5.90. The van der Waals surface area contributed by atoms with Gasteiger partial charge in [0.05, 0.1) is 11.1 Å². The van der Waals surface area contributed by atoms with Crippen molar-refractivity contribution in [3.8, 4) is 5.75 Å². The van der Waals surface area contributed by atoms with Gasteiger partial charge in [0.15, 0.2) is 0 Å². The van der Waals surface area contributed by atoms with E-state index in [1.807, 2.05) is 0 Å². The first-order valence-electron chi connectivity index (χ1n) is 4.99. The molecule has 94 valence electrons. The molecule has 0 amide bonds. The number of para-hydroxylation sites is 1. The maximum Gasteiger partial charge on any atom is 0.419 e. The lowest BCUT2D eigenvalue weighted by Gasteiger charge is -2.11. The molecule has 0 bridgehead atoms. The number of halogens is 3. The molecule has 0 atom stereocenters. The van der Waals surface area contributed by atoms with Gasteiger partial charge in [0.2, 0.25) is 0 Å². The fraction of sp³-hybridized carbons (Fsp3) is 0.0833. The van der Waals surface area contributed by atoms with Crippen molar-refractivity contribution in [1.29, 1.82) is 0 Å². The number of aromatic amines is 1. The summed E-state index contributed by atoms with van der Waals surface area (Å²) < 4.78 is 42.7. The molecule has 3 nitrogen and oxygen atoms in total. The van der Waals surface area contributed by atoms with E-state index >= 15 is 0 Å². The lowest BCUT2D eigenvalue weighted by atomic mass is 10.2. The van der Waals surface area contributed by atoms with Crippen LogP contribution in [0.3, 0.4) is 0 Å². The van der Waals surface area contributed by atoms with Crippen molar-refractivity contribution < 1.29 is 22.7 Å². The zero-order chi connectivity index (χ0) is 13.2. The Hall–Kier alpha value is -2.24. The molecule has 0 saturated carbocycles. The van der Waals surface area contributed by atoms with Gasteiger partial charge in [0.25, 0.3) is 0 Å². The largest absolute Gasteiger partial charge is 0.422 e. The number of rotatable bonds is 2. The minimum Gasteiger partial charge on any atom is -0.422 e. The molecule has 0 unspecified atom stereocenters. The molecule has 18 heavy (non-hydrogen) atoms. The molecule has 0 aliphatic rings. The number of alkyl halides is 3. The molecule has 0 saturated heterocycles. The highest BCUT2D eigenvalue weighted by Gasteiger charge is 2.34. The van der Waals surface area contributed by atoms with Gasteiger partial charge in [-0.15, -0.1) is 0 Å². The van der Waals surface area contributed by atoms with Crippen molar-refractivity contribution in [3.05, 3.63) is 53.9 Å². The summed E-state index contributed by atoms with van der Waals surface area (Å²) in [4.78, 5) is 14.2. The van der Waals surface area contributed by atoms with Crippen LogP contribution in [-0.4, -0.2) is 11.0 Å². The van der Waals surface area contributed by atoms with E-state index in [1.54, 1.807) is 0 Å². The van der Waals surface area contributed by atoms with E-state index in [0.717, 1.165) is 12.1 Å². The maximum atomic E-state index is 12.6. The number of aromatic nitrogens is 1. The SMILES string of the molecule is O=C(Oc1ccccc1C(F)(F)F)c1cc[nH]c1. The second-order valence-corrected chi connectivity index (χ2v) is 3.48. The minimum absolute atomic E-state index is 0.159. The van der Waals surface area contributed by atoms with Gasteiger partial charge in [-0.2, -0.15) is 13.2 Å². The third-order valence-corrected chi connectivity index (χ3v) is 2.23. The fourth-order valence-corrected chi connectivity index (χ4v) is 1.40. The first kappa shape index (κ1) is 12.2. The molecule has 0 spiro atoms. The van der Waals surface area contributed by atoms with Crippen LogP contribution >= 0.6 is 0 Å². The number of nitrogens with one attached hydrogen (secondary N) is 1. The van der Waals surface area contributed by atoms with Gasteiger partial charge >= 0.3 is 12.1 Å². The normalized spacial score (nSPS) is 11.3. The average Bonchev–Trinajstić information content (AvgIpc) is 2.81. The van der Waals surface area contributed by atoms with E-state index in [0.29, 0.717) is 0 Å². The predicted octanol–water partition coefficient (Wildman–Crippen LogP) is 3.25. The summed E-state index contributed by atoms with van der Waals surface area (Å²) in [7, 11) is 0. The Bertz CT molecular complexity index is 547. The lowest BCUT2D eigenvalue weighted by Crippen LogP contribution is -2.13. The maximum absolute atomic E-state index is 12.6. The van der Waals surface area contributed by atoms with Crippen molar-refractivity contribution in [2.45, 2.75) is 6.18 Å². The number of esters is 1. The average molecular weight is 255 g/mol. The molecule has 0 fully saturated rings. The van der Waals surface area contributed by atoms with Crippen molar-refractivity contribution in [3.63, 3.8) is 0 Å². The Labute approximate surface area is 100 Å². The molecule has 1 aromatic heterocycles. The zero-order valence-corrected chi connectivity index (χ0v) is 8.99. The van der Waals surface area contributed by atoms with Gasteiger partial charge in [-0.3, -0.25) is 0 Å². The molecule has 0 aliphatic heterocycles. The van der Waals surface area contributed by atoms with Gasteiger partial charge < -0.3 is 9.72 Å². The summed E-state index contributed by atoms with van der Waals surface area (Å²) in [5, 5.41) is 0. The predicted molar refractivity (Wildman–Crippen MR) is 57.2 cm³/mol. The number of carbonyl (C=O) groups excluding carboxylic acids is 1. The van der Waals surface area contributed by atoms with E-state index in [-0.39, 0.29) is 5.56 Å². The Kier molecular flexibility index (Phi) is 3.10. The number of hydrogen-bond acceptors (Lipinski definition) is 2. The highest BCUT2D eigenvalue weighted by Crippen LogP contribution is 2.36. The molecule has 6 heteroatoms. The van der Waals surface area contributed by atoms with Crippen molar-refractivity contribution >= 4 is 5.97 Å². The molecule has 2 rings (SSSR count). The van der Waals surface area contributed by atoms with Crippen LogP contribution in [-0.2, 0) is 6.18 Å². The lowest BCUT2D eigenvalue weighted by molar-refractivity contribution is -0.138. The summed E-state index contributed by atoms with van der Waals surface area (Å²) in [5.41, 5.74) is -0.819. The minimum atomic E-state index is -4.56. The topological polar surface area (TPSA) is 42.1 Å². The Morgan fingerprint density at radius 3 is 2.50 bits per heavy atom. The van der Waals surface area contributed by atoms with Gasteiger partial charge in [-0.05, 0) is 18.2 Å². The second kappa shape index (κ2) is 4.56. The number of benzene rings is 1. The molecular weight excluding hydrogens is 247 g/mol. The van der Waals surface area contributed by atoms with Gasteiger partial charge in [-0.1, -0.05) is 12.1 Å². The van der Waals surface area contributed by atoms with Crippen LogP contribution in [0.5, 0.6) is 5.75 Å². The summed E-state index contributed by atoms with van der Waals surface area (Å²) in [6, 6.07) is 5.98. The van der Waals surface area contributed by atoms with Gasteiger partial charge in [-0.25, -0.2) is 4.79 Å². The summed E-state index contributed by atoms with van der Waals surface area (Å²) in [6.07, 6.45) is -1.74. The van der Waals surface area contributed by atoms with E-state index < -0.39 is 23.5 Å². The van der Waals surface area contributed by atoms with Crippen LogP contribution < -0.4 is 4.74 Å². The van der Waals surface area contributed by atoms with E-state index in [2.05, 4.69) is 4.98 Å². The molecule has 1 N–H and O–H groups in total. The summed E-state index contributed by atoms with van der Waals surface area (Å²) >= 11 is 0. The van der Waals surface area contributed by atoms with E-state index in [1.165, 1.54) is 30.6 Å². The number of ether oxygens (including phenoxy) is 1. The first-order chi connectivity index (χ1) is 8.48. The Balaban J connectivity index is 2.27. The Morgan fingerprint density at radius 1 is 1.17 bits per heavy atom. The third-order valence-electron chi connectivity index (χ3n) is 2.23. The van der Waals surface area contributed by atoms with Crippen LogP contribution in [0.2, 0.25) is 0 Å². The zero-order valence-electron chi connectivity index (χ0n) is 8.99. The number of hydrogen-bond donors (Lipinski definition) is 1. The molecule has 2 aromatic rings. The molecule has 1 heterocycles. The summed E-state index contributed by atoms with van der Waals surface area (Å²) in [5.74, 6) is -1.34. The van der Waals surface area contributed by atoms with Crippen LogP contribution in [0.4, 0.5) is 13.2 Å². The van der Waals surface area contributed by atoms with Crippen molar-refractivity contribution in [2.75, 3.05) is 0 Å². The molecular formula is C12H8F3NO2. The van der Waals surface area contributed by atoms with E-state index in [9.17, 15) is 18.0 Å². The van der Waals surface area contributed by atoms with Gasteiger partial charge in [0.1, 0.15) is 5.75 Å². The first-order valence-corrected chi connectivity index (χ1v) is 4.99. The molecule has 0 aliphatic carbocycles. The Morgan fingerprint density at radius 2 is 1.89 bits per heavy atom.